The van der Waals surface area contributed by atoms with Crippen molar-refractivity contribution < 1.29 is 73.4 Å². The first kappa shape index (κ1) is 59.7. The minimum absolute atomic E-state index is 0.262. The van der Waals surface area contributed by atoms with Crippen molar-refractivity contribution in [2.75, 3.05) is 33.4 Å². The van der Waals surface area contributed by atoms with Crippen molar-refractivity contribution >= 4 is 30.1 Å². The van der Waals surface area contributed by atoms with Crippen LogP contribution in [0.25, 0.3) is 0 Å². The van der Waals surface area contributed by atoms with Crippen molar-refractivity contribution in [1.29, 1.82) is 0 Å². The van der Waals surface area contributed by atoms with Gasteiger partial charge >= 0.3 is 36.3 Å². The SMILES string of the molecule is CNCCCCCC(=O)OC(C)OC(=O)NC(C)COc1c(C)cccc1C.Cc1cccc(C)c1OCC(C)NC(=O)OC(C)OC(=O)CCCCCN.O=C(O)C(F)(F)F.[2H]CC.[3H]C. The van der Waals surface area contributed by atoms with Crippen molar-refractivity contribution in [3.63, 3.8) is 0 Å². The number of nitrogens with one attached hydrogen (secondary N) is 3. The number of para-hydroxylation sites is 2. The fourth-order valence-electron chi connectivity index (χ4n) is 5.20. The summed E-state index contributed by atoms with van der Waals surface area (Å²) in [7, 11) is 3.15. The van der Waals surface area contributed by atoms with Crippen LogP contribution in [0, 0.1) is 27.7 Å². The molecular formula is C46H77F3N4O12. The molecule has 0 saturated heterocycles. The fourth-order valence-corrected chi connectivity index (χ4v) is 5.20. The van der Waals surface area contributed by atoms with Crippen LogP contribution in [0.3, 0.4) is 0 Å². The first-order valence-electron chi connectivity index (χ1n) is 22.9. The number of unbranched alkanes of at least 4 members (excludes halogenated alkanes) is 4. The van der Waals surface area contributed by atoms with Crippen molar-refractivity contribution in [2.45, 2.75) is 159 Å². The molecule has 374 valence electrons. The Morgan fingerprint density at radius 3 is 1.35 bits per heavy atom. The summed E-state index contributed by atoms with van der Waals surface area (Å²) >= 11 is 0. The number of benzene rings is 2. The number of aliphatic carboxylic acids is 1. The van der Waals surface area contributed by atoms with E-state index in [1.165, 1.54) is 21.3 Å². The maximum atomic E-state index is 11.9. The Labute approximate surface area is 386 Å². The molecule has 0 aromatic heterocycles. The summed E-state index contributed by atoms with van der Waals surface area (Å²) in [4.78, 5) is 56.1. The van der Waals surface area contributed by atoms with E-state index in [1.807, 2.05) is 85.0 Å². The standard InChI is InChI=1S/C21H34N2O5.C20H32N2O5.C2HF3O2.C2H6.CH4/c1-15-10-9-11-16(2)20(15)26-14-17(3)23-21(25)28-18(4)27-19(24)12-7-6-8-13-22-5;1-14-9-8-10-15(2)19(14)25-13-16(3)22-20(24)27-17(4)26-18(23)11-6-5-7-12-21;3-2(4,5)1(6)7;1-2;/h9-11,17-18,22H,6-8,12-14H2,1-5H3,(H,23,25);8-10,16-17H,5-7,11-13,21H2,1-4H3,(H,22,24);(H,6,7);1-2H3;1H4/i;;;1D;1T. The Morgan fingerprint density at radius 1 is 0.708 bits per heavy atom. The van der Waals surface area contributed by atoms with Crippen LogP contribution < -0.4 is 31.2 Å². The second kappa shape index (κ2) is 37.0. The zero-order valence-electron chi connectivity index (χ0n) is 42.1. The van der Waals surface area contributed by atoms with Gasteiger partial charge in [-0.3, -0.25) is 9.59 Å². The number of halogens is 3. The first-order chi connectivity index (χ1) is 31.5. The molecule has 2 aromatic carbocycles. The molecular weight excluding hydrogens is 858 g/mol. The molecule has 16 nitrogen and oxygen atoms in total. The summed E-state index contributed by atoms with van der Waals surface area (Å²) < 4.78 is 75.6. The molecule has 4 unspecified atom stereocenters. The smallest absolute Gasteiger partial charge is 0.490 e. The molecule has 0 fully saturated rings. The number of alkyl carbamates (subject to hydrolysis) is 2. The summed E-state index contributed by atoms with van der Waals surface area (Å²) in [5, 5.41) is 15.5. The lowest BCUT2D eigenvalue weighted by Crippen LogP contribution is -2.39. The molecule has 0 aliphatic carbocycles. The molecule has 0 bridgehead atoms. The van der Waals surface area contributed by atoms with E-state index in [0.717, 1.165) is 72.4 Å². The summed E-state index contributed by atoms with van der Waals surface area (Å²) in [5.41, 5.74) is 9.56. The van der Waals surface area contributed by atoms with Gasteiger partial charge in [-0.2, -0.15) is 13.2 Å². The highest BCUT2D eigenvalue weighted by Gasteiger charge is 2.38. The molecule has 2 aromatic rings. The highest BCUT2D eigenvalue weighted by molar-refractivity contribution is 5.73. The van der Waals surface area contributed by atoms with Crippen LogP contribution in [0.15, 0.2) is 36.4 Å². The van der Waals surface area contributed by atoms with Gasteiger partial charge in [0, 0.05) is 29.4 Å². The number of nitrogens with two attached hydrogens (primary N) is 1. The molecule has 2 amide bonds. The van der Waals surface area contributed by atoms with Gasteiger partial charge in [0.05, 0.1) is 12.1 Å². The third-order valence-corrected chi connectivity index (χ3v) is 8.28. The minimum atomic E-state index is -5.08. The van der Waals surface area contributed by atoms with Crippen LogP contribution in [0.1, 0.15) is 125 Å². The van der Waals surface area contributed by atoms with Gasteiger partial charge in [0.1, 0.15) is 24.7 Å². The van der Waals surface area contributed by atoms with Gasteiger partial charge in [0.15, 0.2) is 0 Å². The lowest BCUT2D eigenvalue weighted by Gasteiger charge is -2.19. The van der Waals surface area contributed by atoms with Gasteiger partial charge in [0.2, 0.25) is 12.6 Å². The molecule has 19 heteroatoms. The minimum Gasteiger partial charge on any atom is -0.491 e. The second-order valence-corrected chi connectivity index (χ2v) is 14.4. The summed E-state index contributed by atoms with van der Waals surface area (Å²) in [6.45, 7) is 19.0. The van der Waals surface area contributed by atoms with E-state index in [9.17, 15) is 32.3 Å². The largest absolute Gasteiger partial charge is 0.491 e. The quantitative estimate of drug-likeness (QED) is 0.0399. The molecule has 2 rings (SSSR count). The summed E-state index contributed by atoms with van der Waals surface area (Å²) in [6.07, 6.45) is -2.48. The highest BCUT2D eigenvalue weighted by atomic mass is 19.4. The van der Waals surface area contributed by atoms with Crippen LogP contribution in [-0.4, -0.2) is 99.4 Å². The molecule has 0 spiro atoms. The van der Waals surface area contributed by atoms with Crippen LogP contribution in [-0.2, 0) is 33.3 Å². The maximum Gasteiger partial charge on any atom is 0.490 e. The number of hydrogen-bond acceptors (Lipinski definition) is 13. The number of carbonyl (C=O) groups excluding carboxylic acids is 4. The van der Waals surface area contributed by atoms with Gasteiger partial charge in [-0.25, -0.2) is 14.4 Å². The molecule has 0 heterocycles. The Bertz CT molecular complexity index is 1640. The Kier molecular flexibility index (Phi) is 34.0. The second-order valence-electron chi connectivity index (χ2n) is 14.4. The Balaban J connectivity index is -0.000000985. The number of alkyl halides is 3. The Morgan fingerprint density at radius 2 is 1.05 bits per heavy atom. The average molecular weight is 938 g/mol. The number of aryl methyl sites for hydroxylation is 4. The number of carboxylic acid groups (broad SMARTS) is 1. The molecule has 0 radical (unpaired) electrons. The lowest BCUT2D eigenvalue weighted by molar-refractivity contribution is -0.192. The lowest BCUT2D eigenvalue weighted by atomic mass is 10.1. The number of rotatable bonds is 23. The van der Waals surface area contributed by atoms with E-state index in [4.69, 9.17) is 46.8 Å². The van der Waals surface area contributed by atoms with Gasteiger partial charge in [-0.15, -0.1) is 0 Å². The molecule has 0 saturated carbocycles. The molecule has 4 atom stereocenters. The predicted molar refractivity (Wildman–Crippen MR) is 244 cm³/mol. The number of hydrogen-bond donors (Lipinski definition) is 5. The van der Waals surface area contributed by atoms with Crippen LogP contribution >= 0.6 is 0 Å². The molecule has 65 heavy (non-hydrogen) atoms. The van der Waals surface area contributed by atoms with E-state index in [-0.39, 0.29) is 24.5 Å². The highest BCUT2D eigenvalue weighted by Crippen LogP contribution is 2.23. The fraction of sp³-hybridized carbons (Fsp3) is 0.630. The van der Waals surface area contributed by atoms with Crippen LogP contribution in [0.2, 0.25) is 0 Å². The molecule has 6 N–H and O–H groups in total. The first-order valence-corrected chi connectivity index (χ1v) is 21.2. The summed E-state index contributed by atoms with van der Waals surface area (Å²) in [6, 6.07) is 11.3. The van der Waals surface area contributed by atoms with Gasteiger partial charge < -0.3 is 55.2 Å². The Hall–Kier alpha value is -5.30. The van der Waals surface area contributed by atoms with E-state index in [0.29, 0.717) is 39.5 Å². The van der Waals surface area contributed by atoms with Crippen LogP contribution in [0.4, 0.5) is 22.8 Å². The maximum absolute atomic E-state index is 11.9. The topological polar surface area (TPSA) is 223 Å². The van der Waals surface area contributed by atoms with E-state index < -0.39 is 42.9 Å². The van der Waals surface area contributed by atoms with Crippen molar-refractivity contribution in [3.05, 3.63) is 58.7 Å². The van der Waals surface area contributed by atoms with Crippen molar-refractivity contribution in [1.82, 2.24) is 16.0 Å². The number of carboxylic acids is 1. The average Bonchev–Trinajstić information content (AvgIpc) is 3.23. The van der Waals surface area contributed by atoms with Gasteiger partial charge in [-0.05, 0) is 110 Å². The van der Waals surface area contributed by atoms with Gasteiger partial charge in [-0.1, -0.05) is 70.5 Å². The third kappa shape index (κ3) is 32.9. The molecule has 0 aliphatic heterocycles. The van der Waals surface area contributed by atoms with E-state index in [2.05, 4.69) is 16.0 Å². The van der Waals surface area contributed by atoms with Crippen molar-refractivity contribution in [2.24, 2.45) is 5.73 Å². The number of amides is 2. The van der Waals surface area contributed by atoms with Crippen molar-refractivity contribution in [3.8, 4) is 11.5 Å². The predicted octanol–water partition coefficient (Wildman–Crippen LogP) is 8.97. The monoisotopic (exact) mass is 938 g/mol. The number of carbonyl (C=O) groups is 5. The van der Waals surface area contributed by atoms with Gasteiger partial charge in [0.25, 0.3) is 0 Å². The zero-order valence-corrected chi connectivity index (χ0v) is 40.1. The van der Waals surface area contributed by atoms with Crippen LogP contribution in [0.5, 0.6) is 11.5 Å². The summed E-state index contributed by atoms with van der Waals surface area (Å²) in [5.74, 6) is -1.87. The number of ether oxygens (including phenoxy) is 6. The molecule has 0 aliphatic rings. The zero-order chi connectivity index (χ0) is 52.0. The number of esters is 2. The third-order valence-electron chi connectivity index (χ3n) is 8.28. The van der Waals surface area contributed by atoms with E-state index in [1.54, 1.807) is 6.92 Å². The normalized spacial score (nSPS) is 12.4. The van der Waals surface area contributed by atoms with E-state index >= 15 is 0 Å².